The number of anilines is 2. The third-order valence-corrected chi connectivity index (χ3v) is 7.62. The van der Waals surface area contributed by atoms with Crippen LogP contribution < -0.4 is 10.6 Å². The molecule has 0 atom stereocenters. The second-order valence-corrected chi connectivity index (χ2v) is 10.4. The highest BCUT2D eigenvalue weighted by Crippen LogP contribution is 2.50. The van der Waals surface area contributed by atoms with Gasteiger partial charge in [-0.2, -0.15) is 0 Å². The lowest BCUT2D eigenvalue weighted by Gasteiger charge is -2.17. The molecular weight excluding hydrogens is 463 g/mol. The molecule has 0 spiro atoms. The summed E-state index contributed by atoms with van der Waals surface area (Å²) in [7, 11) is -4.12. The van der Waals surface area contributed by atoms with Crippen LogP contribution >= 0.6 is 7.14 Å². The van der Waals surface area contributed by atoms with E-state index in [0.717, 1.165) is 25.7 Å². The van der Waals surface area contributed by atoms with E-state index in [0.29, 0.717) is 12.8 Å². The average Bonchev–Trinajstić information content (AvgIpc) is 2.81. The minimum atomic E-state index is -4.12. The fraction of sp³-hybridized carbons (Fsp3) is 0.364. The van der Waals surface area contributed by atoms with Crippen molar-refractivity contribution >= 4 is 41.2 Å². The number of benzene rings is 2. The quantitative estimate of drug-likeness (QED) is 0.132. The number of nitro groups is 2. The van der Waals surface area contributed by atoms with Crippen LogP contribution in [0.15, 0.2) is 48.5 Å². The van der Waals surface area contributed by atoms with Crippen molar-refractivity contribution in [2.45, 2.75) is 45.4 Å². The number of hydrogen-bond donors (Lipinski definition) is 2. The van der Waals surface area contributed by atoms with Crippen molar-refractivity contribution in [1.29, 1.82) is 0 Å². The summed E-state index contributed by atoms with van der Waals surface area (Å²) in [6.07, 6.45) is 5.00. The number of carbonyl (C=O) groups excluding carboxylic acids is 2. The Morgan fingerprint density at radius 2 is 1.12 bits per heavy atom. The van der Waals surface area contributed by atoms with Gasteiger partial charge in [0.15, 0.2) is 0 Å². The normalized spacial score (nSPS) is 11.0. The van der Waals surface area contributed by atoms with Crippen molar-refractivity contribution < 1.29 is 24.0 Å². The Bertz CT molecular complexity index is 996. The maximum absolute atomic E-state index is 13.6. The predicted octanol–water partition coefficient (Wildman–Crippen LogP) is 6.99. The van der Waals surface area contributed by atoms with E-state index in [9.17, 15) is 34.4 Å². The Morgan fingerprint density at radius 1 is 0.735 bits per heavy atom. The van der Waals surface area contributed by atoms with E-state index in [4.69, 9.17) is 0 Å². The number of amides is 2. The molecule has 11 nitrogen and oxygen atoms in total. The van der Waals surface area contributed by atoms with Crippen molar-refractivity contribution in [2.24, 2.45) is 0 Å². The molecule has 2 amide bonds. The summed E-state index contributed by atoms with van der Waals surface area (Å²) in [6, 6.07) is 9.91. The minimum absolute atomic E-state index is 0.142. The predicted molar refractivity (Wildman–Crippen MR) is 130 cm³/mol. The Morgan fingerprint density at radius 3 is 1.50 bits per heavy atom. The summed E-state index contributed by atoms with van der Waals surface area (Å²) in [5.41, 5.74) is -1.97. The molecule has 0 heterocycles. The molecule has 0 radical (unpaired) electrons. The van der Waals surface area contributed by atoms with Gasteiger partial charge in [-0.15, -0.1) is 0 Å². The molecular formula is C22H27N4O7P. The summed E-state index contributed by atoms with van der Waals surface area (Å²) in [5, 5.41) is 26.5. The van der Waals surface area contributed by atoms with Gasteiger partial charge in [-0.3, -0.25) is 29.8 Å². The fourth-order valence-electron chi connectivity index (χ4n) is 3.17. The molecule has 0 aliphatic carbocycles. The van der Waals surface area contributed by atoms with Gasteiger partial charge in [-0.25, -0.2) is 0 Å². The van der Waals surface area contributed by atoms with Crippen LogP contribution in [0.5, 0.6) is 0 Å². The van der Waals surface area contributed by atoms with Crippen molar-refractivity contribution in [1.82, 2.24) is 0 Å². The maximum atomic E-state index is 13.6. The second kappa shape index (κ2) is 12.6. The first-order valence-electron chi connectivity index (χ1n) is 10.9. The van der Waals surface area contributed by atoms with Gasteiger partial charge in [0.05, 0.1) is 9.85 Å². The number of carbonyl (C=O) groups is 2. The molecule has 0 saturated carbocycles. The van der Waals surface area contributed by atoms with E-state index in [2.05, 4.69) is 17.6 Å². The highest BCUT2D eigenvalue weighted by molar-refractivity contribution is 7.94. The van der Waals surface area contributed by atoms with Gasteiger partial charge in [0, 0.05) is 41.8 Å². The topological polar surface area (TPSA) is 162 Å². The van der Waals surface area contributed by atoms with E-state index in [1.54, 1.807) is 0 Å². The Kier molecular flexibility index (Phi) is 9.88. The van der Waals surface area contributed by atoms with E-state index in [-0.39, 0.29) is 28.9 Å². The number of non-ortho nitro benzene ring substituents is 2. The molecule has 0 unspecified atom stereocenters. The van der Waals surface area contributed by atoms with E-state index >= 15 is 0 Å². The van der Waals surface area contributed by atoms with Crippen LogP contribution in [-0.4, -0.2) is 27.3 Å². The van der Waals surface area contributed by atoms with Crippen LogP contribution in [0.4, 0.5) is 32.3 Å². The van der Waals surface area contributed by atoms with Crippen molar-refractivity contribution in [3.63, 3.8) is 0 Å². The summed E-state index contributed by atoms with van der Waals surface area (Å²) in [4.78, 5) is 46.3. The van der Waals surface area contributed by atoms with Crippen LogP contribution in [-0.2, 0) is 4.57 Å². The number of nitrogens with zero attached hydrogens (tertiary/aromatic N) is 2. The fourth-order valence-corrected chi connectivity index (χ4v) is 5.05. The van der Waals surface area contributed by atoms with Gasteiger partial charge in [0.1, 0.15) is 0 Å². The third kappa shape index (κ3) is 7.48. The van der Waals surface area contributed by atoms with Crippen LogP contribution in [0.25, 0.3) is 0 Å². The SMILES string of the molecule is CCCCCCCCP(=O)(C(=O)Nc1ccc([N+](=O)[O-])cc1)C(=O)Nc1ccc([N+](=O)[O-])cc1. The number of unbranched alkanes of at least 4 members (excludes halogenated alkanes) is 5. The Labute approximate surface area is 196 Å². The van der Waals surface area contributed by atoms with E-state index in [1.807, 2.05) is 0 Å². The van der Waals surface area contributed by atoms with E-state index in [1.165, 1.54) is 48.5 Å². The largest absolute Gasteiger partial charge is 0.319 e. The monoisotopic (exact) mass is 490 g/mol. The highest BCUT2D eigenvalue weighted by atomic mass is 31.2. The smallest absolute Gasteiger partial charge is 0.292 e. The molecule has 0 aliphatic rings. The first-order valence-corrected chi connectivity index (χ1v) is 12.8. The van der Waals surface area contributed by atoms with Gasteiger partial charge in [-0.05, 0) is 30.7 Å². The van der Waals surface area contributed by atoms with Crippen LogP contribution in [0.3, 0.4) is 0 Å². The number of rotatable bonds is 13. The van der Waals surface area contributed by atoms with Crippen LogP contribution in [0, 0.1) is 20.2 Å². The maximum Gasteiger partial charge on any atom is 0.292 e. The van der Waals surface area contributed by atoms with E-state index < -0.39 is 28.3 Å². The molecule has 0 fully saturated rings. The Balaban J connectivity index is 2.16. The zero-order valence-corrected chi connectivity index (χ0v) is 19.7. The van der Waals surface area contributed by atoms with Crippen molar-refractivity contribution in [3.8, 4) is 0 Å². The summed E-state index contributed by atoms with van der Waals surface area (Å²) >= 11 is 0. The van der Waals surface area contributed by atoms with Crippen LogP contribution in [0.2, 0.25) is 0 Å². The van der Waals surface area contributed by atoms with Gasteiger partial charge in [-0.1, -0.05) is 39.0 Å². The highest BCUT2D eigenvalue weighted by Gasteiger charge is 2.39. The summed E-state index contributed by atoms with van der Waals surface area (Å²) in [6.45, 7) is 2.08. The van der Waals surface area contributed by atoms with Crippen molar-refractivity contribution in [2.75, 3.05) is 16.8 Å². The molecule has 0 saturated heterocycles. The first kappa shape index (κ1) is 26.7. The molecule has 2 N–H and O–H groups in total. The molecule has 34 heavy (non-hydrogen) atoms. The molecule has 182 valence electrons. The zero-order valence-electron chi connectivity index (χ0n) is 18.8. The molecule has 0 bridgehead atoms. The number of nitrogens with one attached hydrogen (secondary N) is 2. The zero-order chi connectivity index (χ0) is 25.1. The lowest BCUT2D eigenvalue weighted by Crippen LogP contribution is -2.22. The Hall–Kier alpha value is -3.59. The van der Waals surface area contributed by atoms with Gasteiger partial charge >= 0.3 is 0 Å². The van der Waals surface area contributed by atoms with Gasteiger partial charge in [0.2, 0.25) is 0 Å². The second-order valence-electron chi connectivity index (χ2n) is 7.70. The minimum Gasteiger partial charge on any atom is -0.319 e. The summed E-state index contributed by atoms with van der Waals surface area (Å²) in [5.74, 6) is 0. The van der Waals surface area contributed by atoms with Gasteiger partial charge in [0.25, 0.3) is 29.8 Å². The van der Waals surface area contributed by atoms with Crippen molar-refractivity contribution in [3.05, 3.63) is 68.8 Å². The molecule has 2 rings (SSSR count). The molecule has 2 aromatic carbocycles. The molecule has 2 aromatic rings. The molecule has 0 aromatic heterocycles. The third-order valence-electron chi connectivity index (χ3n) is 5.14. The standard InChI is InChI=1S/C22H27N4O7P/c1-2-3-4-5-6-7-16-34(33,21(27)23-17-8-12-19(13-9-17)25(29)30)22(28)24-18-10-14-20(15-11-18)26(31)32/h8-15H,2-7,16H2,1H3,(H,23,27)(H,24,28). The summed E-state index contributed by atoms with van der Waals surface area (Å²) < 4.78 is 13.6. The first-order chi connectivity index (χ1) is 16.2. The number of nitro benzene ring substituents is 2. The van der Waals surface area contributed by atoms with Crippen LogP contribution in [0.1, 0.15) is 45.4 Å². The average molecular weight is 490 g/mol. The lowest BCUT2D eigenvalue weighted by atomic mass is 10.1. The lowest BCUT2D eigenvalue weighted by molar-refractivity contribution is -0.385. The molecule has 12 heteroatoms. The molecule has 0 aliphatic heterocycles. The number of hydrogen-bond acceptors (Lipinski definition) is 7. The van der Waals surface area contributed by atoms with Gasteiger partial charge < -0.3 is 15.2 Å².